The van der Waals surface area contributed by atoms with Gasteiger partial charge in [-0.05, 0) is 34.7 Å². The summed E-state index contributed by atoms with van der Waals surface area (Å²) in [7, 11) is 0. The van der Waals surface area contributed by atoms with Gasteiger partial charge in [-0.3, -0.25) is 9.36 Å². The number of pyridine rings is 1. The third kappa shape index (κ3) is 2.90. The molecule has 148 valence electrons. The van der Waals surface area contributed by atoms with Gasteiger partial charge in [-0.25, -0.2) is 4.79 Å². The zero-order chi connectivity index (χ0) is 20.7. The van der Waals surface area contributed by atoms with Crippen molar-refractivity contribution in [1.29, 1.82) is 0 Å². The Kier molecular flexibility index (Phi) is 4.25. The summed E-state index contributed by atoms with van der Waals surface area (Å²) < 4.78 is 12.1. The van der Waals surface area contributed by atoms with Crippen LogP contribution in [0.4, 0.5) is 0 Å². The van der Waals surface area contributed by atoms with Crippen LogP contribution in [-0.2, 0) is 6.54 Å². The maximum atomic E-state index is 13.3. The second kappa shape index (κ2) is 7.08. The fourth-order valence-electron chi connectivity index (χ4n) is 3.89. The number of aromatic carboxylic acids is 1. The van der Waals surface area contributed by atoms with Gasteiger partial charge in [0.25, 0.3) is 5.56 Å². The quantitative estimate of drug-likeness (QED) is 0.558. The first kappa shape index (κ1) is 18.0. The van der Waals surface area contributed by atoms with E-state index in [-0.39, 0.29) is 24.6 Å². The molecule has 1 aromatic heterocycles. The lowest BCUT2D eigenvalue weighted by molar-refractivity contribution is 0.0685. The molecule has 0 radical (unpaired) electrons. The van der Waals surface area contributed by atoms with Crippen molar-refractivity contribution >= 4 is 16.7 Å². The van der Waals surface area contributed by atoms with Crippen LogP contribution < -0.4 is 15.0 Å². The van der Waals surface area contributed by atoms with Gasteiger partial charge >= 0.3 is 5.97 Å². The largest absolute Gasteiger partial charge is 0.477 e. The van der Waals surface area contributed by atoms with Crippen molar-refractivity contribution in [1.82, 2.24) is 4.57 Å². The Morgan fingerprint density at radius 3 is 2.37 bits per heavy atom. The summed E-state index contributed by atoms with van der Waals surface area (Å²) in [5.41, 5.74) is 1.63. The van der Waals surface area contributed by atoms with Gasteiger partial charge in [0.2, 0.25) is 6.79 Å². The summed E-state index contributed by atoms with van der Waals surface area (Å²) in [6.07, 6.45) is 0. The summed E-state index contributed by atoms with van der Waals surface area (Å²) in [6.45, 7) is 0.245. The van der Waals surface area contributed by atoms with Crippen molar-refractivity contribution in [3.05, 3.63) is 94.4 Å². The normalized spacial score (nSPS) is 12.3. The van der Waals surface area contributed by atoms with E-state index in [1.807, 2.05) is 42.5 Å². The second-order valence-electron chi connectivity index (χ2n) is 7.02. The molecule has 0 saturated carbocycles. The van der Waals surface area contributed by atoms with Crippen LogP contribution in [0.5, 0.6) is 11.5 Å². The number of fused-ring (bicyclic) bond motifs is 2. The van der Waals surface area contributed by atoms with Crippen molar-refractivity contribution in [2.45, 2.75) is 6.54 Å². The Balaban J connectivity index is 1.79. The molecule has 0 unspecified atom stereocenters. The highest BCUT2D eigenvalue weighted by atomic mass is 16.7. The highest BCUT2D eigenvalue weighted by Gasteiger charge is 2.23. The predicted molar refractivity (Wildman–Crippen MR) is 112 cm³/mol. The first-order valence-electron chi connectivity index (χ1n) is 9.46. The minimum Gasteiger partial charge on any atom is -0.477 e. The Bertz CT molecular complexity index is 1340. The van der Waals surface area contributed by atoms with Crippen LogP contribution in [0.1, 0.15) is 16.1 Å². The zero-order valence-electron chi connectivity index (χ0n) is 15.9. The molecule has 3 aromatic carbocycles. The lowest BCUT2D eigenvalue weighted by atomic mass is 9.96. The van der Waals surface area contributed by atoms with E-state index in [0.717, 1.165) is 11.1 Å². The van der Waals surface area contributed by atoms with Crippen molar-refractivity contribution < 1.29 is 19.4 Å². The van der Waals surface area contributed by atoms with Gasteiger partial charge in [0.05, 0.1) is 6.54 Å². The van der Waals surface area contributed by atoms with E-state index >= 15 is 0 Å². The average molecular weight is 399 g/mol. The third-order valence-electron chi connectivity index (χ3n) is 5.22. The molecule has 1 aliphatic heterocycles. The molecule has 30 heavy (non-hydrogen) atoms. The Morgan fingerprint density at radius 2 is 1.60 bits per heavy atom. The maximum absolute atomic E-state index is 13.3. The molecule has 1 aliphatic rings. The Morgan fingerprint density at radius 1 is 0.900 bits per heavy atom. The number of ether oxygens (including phenoxy) is 2. The fourth-order valence-corrected chi connectivity index (χ4v) is 3.89. The van der Waals surface area contributed by atoms with Crippen LogP contribution in [0, 0.1) is 0 Å². The van der Waals surface area contributed by atoms with Crippen LogP contribution >= 0.6 is 0 Å². The zero-order valence-corrected chi connectivity index (χ0v) is 15.9. The fraction of sp³-hybridized carbons (Fsp3) is 0.0833. The Hall–Kier alpha value is -4.06. The predicted octanol–water partition coefficient (Wildman–Crippen LogP) is 4.14. The number of hydrogen-bond acceptors (Lipinski definition) is 4. The minimum atomic E-state index is -1.16. The van der Waals surface area contributed by atoms with Crippen molar-refractivity contribution in [3.63, 3.8) is 0 Å². The number of rotatable bonds is 4. The molecule has 0 spiro atoms. The summed E-state index contributed by atoms with van der Waals surface area (Å²) in [5.74, 6) is 0.0620. The molecule has 0 saturated heterocycles. The van der Waals surface area contributed by atoms with Crippen molar-refractivity contribution in [3.8, 4) is 22.6 Å². The molecule has 0 amide bonds. The smallest absolute Gasteiger partial charge is 0.353 e. The summed E-state index contributed by atoms with van der Waals surface area (Å²) >= 11 is 0. The molecule has 0 atom stereocenters. The molecule has 0 fully saturated rings. The van der Waals surface area contributed by atoms with Crippen molar-refractivity contribution in [2.24, 2.45) is 0 Å². The van der Waals surface area contributed by atoms with Crippen LogP contribution in [0.25, 0.3) is 21.9 Å². The topological polar surface area (TPSA) is 77.8 Å². The molecule has 1 N–H and O–H groups in total. The van der Waals surface area contributed by atoms with E-state index in [0.29, 0.717) is 27.8 Å². The summed E-state index contributed by atoms with van der Waals surface area (Å²) in [6, 6.07) is 21.7. The molecule has 5 rings (SSSR count). The van der Waals surface area contributed by atoms with Gasteiger partial charge in [-0.15, -0.1) is 0 Å². The minimum absolute atomic E-state index is 0.0393. The molecule has 0 bridgehead atoms. The van der Waals surface area contributed by atoms with Crippen LogP contribution in [0.15, 0.2) is 77.6 Å². The van der Waals surface area contributed by atoms with Crippen LogP contribution in [-0.4, -0.2) is 22.4 Å². The Labute approximate surface area is 171 Å². The number of aromatic nitrogens is 1. The first-order chi connectivity index (χ1) is 14.6. The number of carboxylic acids is 1. The number of carbonyl (C=O) groups is 1. The highest BCUT2D eigenvalue weighted by Crippen LogP contribution is 2.34. The van der Waals surface area contributed by atoms with Gasteiger partial charge in [0.15, 0.2) is 11.5 Å². The van der Waals surface area contributed by atoms with Crippen LogP contribution in [0.2, 0.25) is 0 Å². The monoisotopic (exact) mass is 399 g/mol. The van der Waals surface area contributed by atoms with Gasteiger partial charge in [-0.1, -0.05) is 54.6 Å². The molecule has 6 nitrogen and oxygen atoms in total. The summed E-state index contributed by atoms with van der Waals surface area (Å²) in [4.78, 5) is 25.7. The first-order valence-corrected chi connectivity index (χ1v) is 9.46. The van der Waals surface area contributed by atoms with E-state index in [9.17, 15) is 14.7 Å². The van der Waals surface area contributed by atoms with Gasteiger partial charge < -0.3 is 14.6 Å². The van der Waals surface area contributed by atoms with E-state index in [1.54, 1.807) is 30.3 Å². The number of carboxylic acid groups (broad SMARTS) is 1. The molecular weight excluding hydrogens is 382 g/mol. The van der Waals surface area contributed by atoms with Gasteiger partial charge in [0.1, 0.15) is 5.69 Å². The second-order valence-corrected chi connectivity index (χ2v) is 7.02. The van der Waals surface area contributed by atoms with E-state index < -0.39 is 5.97 Å². The molecule has 2 heterocycles. The van der Waals surface area contributed by atoms with Crippen molar-refractivity contribution in [2.75, 3.05) is 6.79 Å². The lowest BCUT2D eigenvalue weighted by Gasteiger charge is -2.18. The molecule has 6 heteroatoms. The molecule has 4 aromatic rings. The van der Waals surface area contributed by atoms with E-state index in [1.165, 1.54) is 4.57 Å². The average Bonchev–Trinajstić information content (AvgIpc) is 3.24. The van der Waals surface area contributed by atoms with E-state index in [4.69, 9.17) is 9.47 Å². The summed E-state index contributed by atoms with van der Waals surface area (Å²) in [5, 5.41) is 11.2. The van der Waals surface area contributed by atoms with Gasteiger partial charge in [0, 0.05) is 10.9 Å². The van der Waals surface area contributed by atoms with Crippen LogP contribution in [0.3, 0.4) is 0 Å². The highest BCUT2D eigenvalue weighted by molar-refractivity contribution is 6.06. The number of hydrogen-bond donors (Lipinski definition) is 1. The maximum Gasteiger partial charge on any atom is 0.353 e. The number of nitrogens with zero attached hydrogens (tertiary/aromatic N) is 1. The third-order valence-corrected chi connectivity index (χ3v) is 5.22. The molecular formula is C24H17NO5. The lowest BCUT2D eigenvalue weighted by Crippen LogP contribution is -2.28. The number of benzene rings is 3. The van der Waals surface area contributed by atoms with Gasteiger partial charge in [-0.2, -0.15) is 0 Å². The molecule has 0 aliphatic carbocycles. The van der Waals surface area contributed by atoms with E-state index in [2.05, 4.69) is 0 Å². The SMILES string of the molecule is O=C(O)c1c(-c2ccccc2)c2ccccc2c(=O)n1Cc1ccc2c(c1)OCO2. The standard InChI is InChI=1S/C24H17NO5/c26-23-18-9-5-4-8-17(18)21(16-6-2-1-3-7-16)22(24(27)28)25(23)13-15-10-11-19-20(12-15)30-14-29-19/h1-12H,13-14H2,(H,27,28).